The smallest absolute Gasteiger partial charge is 0.383 e. The number of para-hydroxylation sites is 3. The zero-order valence-electron chi connectivity index (χ0n) is 64.5. The number of nitrogen functional groups attached to an aromatic ring is 3. The van der Waals surface area contributed by atoms with E-state index in [4.69, 9.17) is 86.8 Å². The number of aromatic nitrogens is 14. The van der Waals surface area contributed by atoms with Crippen LogP contribution in [0.5, 0.6) is 0 Å². The summed E-state index contributed by atoms with van der Waals surface area (Å²) in [4.78, 5) is 105. The molecular weight excluding hydrogens is 1680 g/mol. The fraction of sp³-hybridized carbons (Fsp3) is 0.153. The molecule has 0 saturated heterocycles. The molecule has 27 nitrogen and oxygen atoms in total. The number of aromatic amines is 1. The van der Waals surface area contributed by atoms with Gasteiger partial charge in [0.25, 0.3) is 28.1 Å². The molecule has 9 aromatic heterocycles. The summed E-state index contributed by atoms with van der Waals surface area (Å²) in [6.07, 6.45) is 2.29. The van der Waals surface area contributed by atoms with Gasteiger partial charge in [0.15, 0.2) is 17.3 Å². The van der Waals surface area contributed by atoms with Crippen LogP contribution >= 0.6 is 69.6 Å². The number of carbonyl (C=O) groups is 1. The largest absolute Gasteiger partial charge is 0.421 e. The summed E-state index contributed by atoms with van der Waals surface area (Å²) < 4.78 is 45.4. The van der Waals surface area contributed by atoms with Gasteiger partial charge in [-0.25, -0.2) is 19.9 Å². The number of H-pyrrole nitrogens is 1. The van der Waals surface area contributed by atoms with E-state index < -0.39 is 29.6 Å². The molecule has 17 rings (SSSR count). The van der Waals surface area contributed by atoms with E-state index in [9.17, 15) is 37.1 Å². The Kier molecular flexibility index (Phi) is 24.9. The number of halogens is 9. The van der Waals surface area contributed by atoms with Crippen molar-refractivity contribution < 1.29 is 18.0 Å². The second-order valence-corrected chi connectivity index (χ2v) is 30.2. The van der Waals surface area contributed by atoms with Gasteiger partial charge in [0.05, 0.1) is 78.3 Å². The maximum atomic E-state index is 13.5. The number of benzene rings is 7. The Morgan fingerprint density at radius 3 is 1.30 bits per heavy atom. The molecule has 12 N–H and O–H groups in total. The van der Waals surface area contributed by atoms with Crippen LogP contribution in [-0.2, 0) is 6.18 Å². The molecule has 7 aromatic carbocycles. The molecule has 1 aliphatic carbocycles. The summed E-state index contributed by atoms with van der Waals surface area (Å²) >= 11 is 37.6. The van der Waals surface area contributed by atoms with E-state index in [1.54, 1.807) is 95.2 Å². The third-order valence-corrected chi connectivity index (χ3v) is 21.4. The van der Waals surface area contributed by atoms with E-state index in [1.807, 2.05) is 141 Å². The maximum absolute atomic E-state index is 13.5. The summed E-state index contributed by atoms with van der Waals surface area (Å²) in [7, 11) is 1.52. The molecule has 4 atom stereocenters. The number of amides is 1. The van der Waals surface area contributed by atoms with Crippen LogP contribution in [0.1, 0.15) is 109 Å². The Morgan fingerprint density at radius 1 is 0.455 bits per heavy atom. The van der Waals surface area contributed by atoms with Crippen LogP contribution < -0.4 is 66.0 Å². The molecule has 0 unspecified atom stereocenters. The second-order valence-electron chi connectivity index (χ2n) is 27.8. The molecule has 1 amide bonds. The third kappa shape index (κ3) is 18.1. The standard InChI is InChI=1S/C23H21ClN6O2.C22H17ClF3N5O.C21H17Cl2N5O.C19H16Cl2N6O/c1-13(28-20-16(21(31)26-2)12-27-23(25)29-20)18-11-14-7-6-10-17(24)19(14)22(32)30(18)15-8-4-3-5-9-15;1-12(29-21-28-11-15(19(27)30-21)22(24,25)26)17-10-13-6-5-9-16(23)18(13)20(32)31(17)14-7-3-2-4-8-14;1-12(26-19-16(23)11-25-21(24)27-19)17-10-13-6-5-9-15(22)18(13)20(29)28(17)14-7-3-2-4-8-14;1-9(24-17-15-16(23-8-22-15)25-19(21)26-17)13-7-10-3-2-4-12(20)14(10)18(28)27(13)11-5-6-11/h3-13H,1-2H3,(H,26,31)(H3,25,27,28,29);2-12H,1H3,(H3,27,28,29,30);2-12H,1H3,(H3,24,25,26,27);2-4,7-9,11H,5-6H2,1H3,(H2,22,23,24,25,26)/t13-;2*12-;9-/m0000/s1. The average molecular weight is 1750 g/mol. The monoisotopic (exact) mass is 1750 g/mol. The lowest BCUT2D eigenvalue weighted by atomic mass is 10.1. The lowest BCUT2D eigenvalue weighted by Gasteiger charge is -2.22. The highest BCUT2D eigenvalue weighted by Crippen LogP contribution is 2.40. The van der Waals surface area contributed by atoms with Crippen LogP contribution in [-0.4, -0.2) is 81.1 Å². The summed E-state index contributed by atoms with van der Waals surface area (Å²) in [5, 5.41) is 22.1. The number of nitrogens with one attached hydrogen (secondary N) is 6. The lowest BCUT2D eigenvalue weighted by Crippen LogP contribution is -2.27. The van der Waals surface area contributed by atoms with Crippen molar-refractivity contribution in [1.82, 2.24) is 73.4 Å². The van der Waals surface area contributed by atoms with Gasteiger partial charge in [0.2, 0.25) is 23.1 Å². The van der Waals surface area contributed by atoms with Crippen molar-refractivity contribution in [3.05, 3.63) is 319 Å². The van der Waals surface area contributed by atoms with E-state index in [-0.39, 0.29) is 80.8 Å². The topological polar surface area (TPSA) is 375 Å². The number of nitrogens with zero attached hydrogens (tertiary/aromatic N) is 13. The highest BCUT2D eigenvalue weighted by molar-refractivity contribution is 6.37. The van der Waals surface area contributed by atoms with Crippen LogP contribution in [0.25, 0.3) is 71.3 Å². The summed E-state index contributed by atoms with van der Waals surface area (Å²) in [5.41, 5.74) is 21.2. The fourth-order valence-corrected chi connectivity index (χ4v) is 15.2. The molecule has 121 heavy (non-hydrogen) atoms. The summed E-state index contributed by atoms with van der Waals surface area (Å²) in [6.45, 7) is 7.51. The van der Waals surface area contributed by atoms with Crippen LogP contribution in [0, 0.1) is 0 Å². The molecule has 1 fully saturated rings. The Hall–Kier alpha value is -13.2. The van der Waals surface area contributed by atoms with E-state index in [2.05, 4.69) is 76.4 Å². The molecule has 0 radical (unpaired) electrons. The Morgan fingerprint density at radius 2 is 0.860 bits per heavy atom. The zero-order valence-corrected chi connectivity index (χ0v) is 69.0. The number of nitrogens with two attached hydrogens (primary N) is 3. The minimum absolute atomic E-state index is 0.0260. The van der Waals surface area contributed by atoms with Crippen molar-refractivity contribution in [2.45, 2.75) is 76.9 Å². The molecule has 0 aliphatic heterocycles. The normalized spacial score (nSPS) is 12.9. The molecule has 614 valence electrons. The first kappa shape index (κ1) is 84.2. The highest BCUT2D eigenvalue weighted by Gasteiger charge is 2.35. The predicted molar refractivity (Wildman–Crippen MR) is 473 cm³/mol. The summed E-state index contributed by atoms with van der Waals surface area (Å²) in [5.74, 6) is 0.195. The molecule has 1 saturated carbocycles. The minimum atomic E-state index is -4.65. The van der Waals surface area contributed by atoms with Crippen LogP contribution in [0.4, 0.5) is 54.3 Å². The van der Waals surface area contributed by atoms with Gasteiger partial charge in [-0.2, -0.15) is 38.1 Å². The van der Waals surface area contributed by atoms with Gasteiger partial charge in [-0.05, 0) is 159 Å². The second kappa shape index (κ2) is 35.8. The number of imidazole rings is 1. The van der Waals surface area contributed by atoms with Crippen LogP contribution in [0.2, 0.25) is 30.4 Å². The number of hydrogen-bond acceptors (Lipinski definition) is 21. The van der Waals surface area contributed by atoms with Crippen molar-refractivity contribution in [1.29, 1.82) is 0 Å². The van der Waals surface area contributed by atoms with Gasteiger partial charge in [-0.3, -0.25) is 37.7 Å². The van der Waals surface area contributed by atoms with E-state index in [1.165, 1.54) is 24.0 Å². The molecule has 16 aromatic rings. The zero-order chi connectivity index (χ0) is 85.8. The quantitative estimate of drug-likeness (QED) is 0.0382. The maximum Gasteiger partial charge on any atom is 0.421 e. The van der Waals surface area contributed by atoms with Gasteiger partial charge in [0.1, 0.15) is 33.3 Å². The summed E-state index contributed by atoms with van der Waals surface area (Å²) in [6, 6.07) is 55.3. The van der Waals surface area contributed by atoms with E-state index in [0.717, 1.165) is 40.7 Å². The van der Waals surface area contributed by atoms with Crippen molar-refractivity contribution in [2.24, 2.45) is 0 Å². The minimum Gasteiger partial charge on any atom is -0.383 e. The van der Waals surface area contributed by atoms with Crippen molar-refractivity contribution >= 4 is 171 Å². The van der Waals surface area contributed by atoms with Crippen LogP contribution in [0.15, 0.2) is 232 Å². The first-order valence-corrected chi connectivity index (χ1v) is 39.6. The van der Waals surface area contributed by atoms with Gasteiger partial charge in [-0.1, -0.05) is 161 Å². The molecule has 0 bridgehead atoms. The molecule has 36 heteroatoms. The molecule has 0 spiro atoms. The molecule has 1 aliphatic rings. The number of fused-ring (bicyclic) bond motifs is 5. The number of anilines is 7. The molecular formula is C85H71Cl6F3N22O5. The Labute approximate surface area is 715 Å². The van der Waals surface area contributed by atoms with Gasteiger partial charge in [-0.15, -0.1) is 0 Å². The SMILES string of the molecule is CNC(=O)c1cnc(N)nc1N[C@@H](C)c1cc2cccc(Cl)c2c(=O)n1-c1ccccc1.C[C@H](Nc1nc(Cl)nc2nc[nH]c12)c1cc2cccc(Cl)c2c(=O)n1C1CC1.C[C@H](Nc1nc(N)ncc1Cl)c1cc2cccc(Cl)c2c(=O)n1-c1ccccc1.C[C@H](Nc1ncc(C(F)(F)F)c(N)n1)c1cc2cccc(Cl)c2c(=O)n1-c1ccccc1. The van der Waals surface area contributed by atoms with Crippen molar-refractivity contribution in [3.63, 3.8) is 0 Å². The van der Waals surface area contributed by atoms with Gasteiger partial charge in [0, 0.05) is 65.3 Å². The highest BCUT2D eigenvalue weighted by atomic mass is 35.5. The Balaban J connectivity index is 0.000000132. The van der Waals surface area contributed by atoms with Crippen molar-refractivity contribution in [2.75, 3.05) is 45.5 Å². The van der Waals surface area contributed by atoms with E-state index >= 15 is 0 Å². The Bertz CT molecular complexity index is 6910. The first-order valence-electron chi connectivity index (χ1n) is 37.3. The van der Waals surface area contributed by atoms with E-state index in [0.29, 0.717) is 109 Å². The number of carbonyl (C=O) groups excluding carboxylic acids is 1. The number of pyridine rings is 4. The lowest BCUT2D eigenvalue weighted by molar-refractivity contribution is -0.137. The van der Waals surface area contributed by atoms with Crippen LogP contribution in [0.3, 0.4) is 0 Å². The van der Waals surface area contributed by atoms with Gasteiger partial charge >= 0.3 is 6.18 Å². The number of rotatable bonds is 17. The number of alkyl halides is 3. The predicted octanol–water partition coefficient (Wildman–Crippen LogP) is 18.1. The van der Waals surface area contributed by atoms with Crippen molar-refractivity contribution in [3.8, 4) is 17.1 Å². The number of hydrogen-bond donors (Lipinski definition) is 9. The molecule has 9 heterocycles. The van der Waals surface area contributed by atoms with Gasteiger partial charge < -0.3 is 53.3 Å². The average Bonchev–Trinajstić information content (AvgIpc) is 1.75. The fourth-order valence-electron chi connectivity index (χ4n) is 13.9. The first-order chi connectivity index (χ1) is 58.0. The third-order valence-electron chi connectivity index (χ3n) is 19.7.